The van der Waals surface area contributed by atoms with Crippen molar-refractivity contribution in [1.29, 1.82) is 0 Å². The van der Waals surface area contributed by atoms with Crippen LogP contribution in [0, 0.1) is 11.8 Å². The molecule has 1 saturated carbocycles. The van der Waals surface area contributed by atoms with Crippen LogP contribution in [0.3, 0.4) is 0 Å². The Kier molecular flexibility index (Phi) is 2.32. The molecule has 0 heterocycles. The van der Waals surface area contributed by atoms with Gasteiger partial charge in [0.1, 0.15) is 0 Å². The maximum atomic E-state index is 9.35. The summed E-state index contributed by atoms with van der Waals surface area (Å²) in [5, 5.41) is 18.7. The highest BCUT2D eigenvalue weighted by Gasteiger charge is 2.29. The third kappa shape index (κ3) is 1.50. The third-order valence-electron chi connectivity index (χ3n) is 2.54. The summed E-state index contributed by atoms with van der Waals surface area (Å²) in [6.07, 6.45) is 1.11. The third-order valence-corrected chi connectivity index (χ3v) is 2.54. The van der Waals surface area contributed by atoms with Gasteiger partial charge < -0.3 is 10.2 Å². The first-order chi connectivity index (χ1) is 4.61. The van der Waals surface area contributed by atoms with E-state index in [0.717, 1.165) is 12.8 Å². The second-order valence-electron chi connectivity index (χ2n) is 3.56. The molecule has 1 fully saturated rings. The molecule has 0 radical (unpaired) electrons. The highest BCUT2D eigenvalue weighted by Crippen LogP contribution is 2.28. The van der Waals surface area contributed by atoms with Gasteiger partial charge in [0.15, 0.2) is 0 Å². The first kappa shape index (κ1) is 8.02. The lowest BCUT2D eigenvalue weighted by Gasteiger charge is -2.33. The summed E-state index contributed by atoms with van der Waals surface area (Å²) in [6.45, 7) is 3.97. The fourth-order valence-corrected chi connectivity index (χ4v) is 1.54. The monoisotopic (exact) mass is 144 g/mol. The molecule has 0 saturated heterocycles. The van der Waals surface area contributed by atoms with Crippen LogP contribution in [0.5, 0.6) is 0 Å². The molecule has 1 aliphatic rings. The van der Waals surface area contributed by atoms with E-state index in [-0.39, 0.29) is 24.0 Å². The number of hydrogen-bond acceptors (Lipinski definition) is 2. The minimum absolute atomic E-state index is 0.196. The zero-order chi connectivity index (χ0) is 7.72. The molecule has 0 aliphatic heterocycles. The maximum Gasteiger partial charge on any atom is 0.0570 e. The van der Waals surface area contributed by atoms with E-state index in [1.54, 1.807) is 0 Å². The van der Waals surface area contributed by atoms with Crippen molar-refractivity contribution in [3.63, 3.8) is 0 Å². The Bertz CT molecular complexity index is 87.8. The van der Waals surface area contributed by atoms with Gasteiger partial charge in [0, 0.05) is 0 Å². The summed E-state index contributed by atoms with van der Waals surface area (Å²) in [5.74, 6) is 0.539. The number of aliphatic hydroxyl groups excluding tert-OH is 2. The van der Waals surface area contributed by atoms with Crippen molar-refractivity contribution in [3.8, 4) is 0 Å². The minimum atomic E-state index is -0.196. The quantitative estimate of drug-likeness (QED) is 0.527. The Morgan fingerprint density at radius 1 is 0.900 bits per heavy atom. The lowest BCUT2D eigenvalue weighted by molar-refractivity contribution is -0.0203. The molecule has 0 amide bonds. The summed E-state index contributed by atoms with van der Waals surface area (Å²) < 4.78 is 0. The van der Waals surface area contributed by atoms with Gasteiger partial charge in [0.25, 0.3) is 0 Å². The van der Waals surface area contributed by atoms with Gasteiger partial charge in [-0.25, -0.2) is 0 Å². The average Bonchev–Trinajstić information content (AvgIpc) is 1.84. The van der Waals surface area contributed by atoms with Crippen LogP contribution in [-0.2, 0) is 0 Å². The molecule has 2 N–H and O–H groups in total. The van der Waals surface area contributed by atoms with E-state index in [1.165, 1.54) is 0 Å². The SMILES string of the molecule is C[C@@H]1C[C@H](O)[C@@H](C)C[C@@H]1O. The Morgan fingerprint density at radius 3 is 1.50 bits per heavy atom. The van der Waals surface area contributed by atoms with Gasteiger partial charge in [0.05, 0.1) is 12.2 Å². The van der Waals surface area contributed by atoms with E-state index >= 15 is 0 Å². The molecule has 10 heavy (non-hydrogen) atoms. The van der Waals surface area contributed by atoms with E-state index in [4.69, 9.17) is 0 Å². The number of aliphatic hydroxyl groups is 2. The van der Waals surface area contributed by atoms with Crippen molar-refractivity contribution in [2.24, 2.45) is 11.8 Å². The first-order valence-electron chi connectivity index (χ1n) is 3.97. The predicted molar refractivity (Wildman–Crippen MR) is 39.6 cm³/mol. The highest BCUT2D eigenvalue weighted by atomic mass is 16.3. The lowest BCUT2D eigenvalue weighted by Crippen LogP contribution is -2.35. The van der Waals surface area contributed by atoms with Gasteiger partial charge in [-0.1, -0.05) is 13.8 Å². The predicted octanol–water partition coefficient (Wildman–Crippen LogP) is 0.774. The van der Waals surface area contributed by atoms with Crippen molar-refractivity contribution in [2.45, 2.75) is 38.9 Å². The summed E-state index contributed by atoms with van der Waals surface area (Å²) in [5.41, 5.74) is 0. The van der Waals surface area contributed by atoms with Gasteiger partial charge in [-0.3, -0.25) is 0 Å². The molecule has 1 rings (SSSR count). The van der Waals surface area contributed by atoms with Gasteiger partial charge >= 0.3 is 0 Å². The van der Waals surface area contributed by atoms with Crippen LogP contribution < -0.4 is 0 Å². The molecule has 4 atom stereocenters. The van der Waals surface area contributed by atoms with Gasteiger partial charge in [-0.05, 0) is 24.7 Å². The molecule has 60 valence electrons. The number of hydrogen-bond donors (Lipinski definition) is 2. The largest absolute Gasteiger partial charge is 0.393 e. The second kappa shape index (κ2) is 2.89. The summed E-state index contributed by atoms with van der Waals surface area (Å²) in [4.78, 5) is 0. The van der Waals surface area contributed by atoms with Crippen molar-refractivity contribution < 1.29 is 10.2 Å². The second-order valence-corrected chi connectivity index (χ2v) is 3.56. The Labute approximate surface area is 61.9 Å². The Hall–Kier alpha value is -0.0800. The molecule has 0 bridgehead atoms. The van der Waals surface area contributed by atoms with Crippen LogP contribution in [0.1, 0.15) is 26.7 Å². The molecule has 0 aromatic heterocycles. The van der Waals surface area contributed by atoms with Gasteiger partial charge in [0.2, 0.25) is 0 Å². The Balaban J connectivity index is 2.46. The summed E-state index contributed by atoms with van der Waals surface area (Å²) >= 11 is 0. The lowest BCUT2D eigenvalue weighted by atomic mass is 9.80. The van der Waals surface area contributed by atoms with E-state index in [1.807, 2.05) is 13.8 Å². The Morgan fingerprint density at radius 2 is 1.20 bits per heavy atom. The topological polar surface area (TPSA) is 40.5 Å². The van der Waals surface area contributed by atoms with Crippen LogP contribution in [0.25, 0.3) is 0 Å². The van der Waals surface area contributed by atoms with Crippen molar-refractivity contribution >= 4 is 0 Å². The van der Waals surface area contributed by atoms with Crippen LogP contribution >= 0.6 is 0 Å². The minimum Gasteiger partial charge on any atom is -0.393 e. The zero-order valence-corrected chi connectivity index (χ0v) is 6.62. The number of rotatable bonds is 0. The maximum absolute atomic E-state index is 9.35. The van der Waals surface area contributed by atoms with Crippen LogP contribution in [0.4, 0.5) is 0 Å². The van der Waals surface area contributed by atoms with Crippen molar-refractivity contribution in [3.05, 3.63) is 0 Å². The molecule has 0 aromatic rings. The van der Waals surface area contributed by atoms with Crippen molar-refractivity contribution in [1.82, 2.24) is 0 Å². The van der Waals surface area contributed by atoms with E-state index < -0.39 is 0 Å². The molecule has 0 spiro atoms. The highest BCUT2D eigenvalue weighted by molar-refractivity contribution is 4.80. The standard InChI is InChI=1S/C8H16O2/c1-5-3-8(10)6(2)4-7(5)9/h5-10H,3-4H2,1-2H3/t5-,6+,7-,8-/m0/s1. The fraction of sp³-hybridized carbons (Fsp3) is 1.00. The zero-order valence-electron chi connectivity index (χ0n) is 6.62. The average molecular weight is 144 g/mol. The molecule has 1 aliphatic carbocycles. The molecular formula is C8H16O2. The van der Waals surface area contributed by atoms with Crippen LogP contribution in [-0.4, -0.2) is 22.4 Å². The summed E-state index contributed by atoms with van der Waals surface area (Å²) in [7, 11) is 0. The van der Waals surface area contributed by atoms with Gasteiger partial charge in [-0.15, -0.1) is 0 Å². The first-order valence-corrected chi connectivity index (χ1v) is 3.97. The van der Waals surface area contributed by atoms with E-state index in [2.05, 4.69) is 0 Å². The molecule has 0 unspecified atom stereocenters. The normalized spacial score (nSPS) is 49.2. The molecule has 2 nitrogen and oxygen atoms in total. The summed E-state index contributed by atoms with van der Waals surface area (Å²) in [6, 6.07) is 0. The fourth-order valence-electron chi connectivity index (χ4n) is 1.54. The van der Waals surface area contributed by atoms with Crippen molar-refractivity contribution in [2.75, 3.05) is 0 Å². The van der Waals surface area contributed by atoms with Crippen LogP contribution in [0.15, 0.2) is 0 Å². The smallest absolute Gasteiger partial charge is 0.0570 e. The van der Waals surface area contributed by atoms with E-state index in [9.17, 15) is 10.2 Å². The molecular weight excluding hydrogens is 128 g/mol. The molecule has 2 heteroatoms. The van der Waals surface area contributed by atoms with E-state index in [0.29, 0.717) is 0 Å². The molecule has 0 aromatic carbocycles. The van der Waals surface area contributed by atoms with Gasteiger partial charge in [-0.2, -0.15) is 0 Å². The van der Waals surface area contributed by atoms with Crippen LogP contribution in [0.2, 0.25) is 0 Å².